The van der Waals surface area contributed by atoms with Gasteiger partial charge in [0, 0.05) is 25.2 Å². The van der Waals surface area contributed by atoms with Crippen molar-refractivity contribution < 1.29 is 0 Å². The molecule has 2 N–H and O–H groups in total. The summed E-state index contributed by atoms with van der Waals surface area (Å²) >= 11 is 0. The van der Waals surface area contributed by atoms with Gasteiger partial charge in [-0.15, -0.1) is 0 Å². The van der Waals surface area contributed by atoms with Crippen LogP contribution >= 0.6 is 0 Å². The van der Waals surface area contributed by atoms with E-state index in [1.165, 1.54) is 77.7 Å². The van der Waals surface area contributed by atoms with Gasteiger partial charge in [-0.2, -0.15) is 0 Å². The van der Waals surface area contributed by atoms with Crippen molar-refractivity contribution in [2.45, 2.75) is 64.0 Å². The molecule has 3 fully saturated rings. The first-order valence-electron chi connectivity index (χ1n) is 8.94. The second-order valence-corrected chi connectivity index (χ2v) is 7.64. The van der Waals surface area contributed by atoms with E-state index in [4.69, 9.17) is 5.73 Å². The Kier molecular flexibility index (Phi) is 5.00. The van der Waals surface area contributed by atoms with Gasteiger partial charge < -0.3 is 10.6 Å². The van der Waals surface area contributed by atoms with Crippen molar-refractivity contribution in [3.05, 3.63) is 0 Å². The summed E-state index contributed by atoms with van der Waals surface area (Å²) < 4.78 is 0. The third-order valence-corrected chi connectivity index (χ3v) is 5.95. The van der Waals surface area contributed by atoms with Crippen LogP contribution in [-0.4, -0.2) is 54.6 Å². The Morgan fingerprint density at radius 3 is 2.60 bits per heavy atom. The minimum Gasteiger partial charge on any atom is -0.327 e. The SMILES string of the molecule is CC1CCC(N)C(CN2CCC(N3CCCCC3)C2)C1. The zero-order valence-corrected chi connectivity index (χ0v) is 13.3. The molecule has 20 heavy (non-hydrogen) atoms. The Morgan fingerprint density at radius 2 is 1.80 bits per heavy atom. The van der Waals surface area contributed by atoms with Crippen molar-refractivity contribution >= 4 is 0 Å². The lowest BCUT2D eigenvalue weighted by Gasteiger charge is -2.36. The average Bonchev–Trinajstić information content (AvgIpc) is 2.92. The van der Waals surface area contributed by atoms with E-state index in [9.17, 15) is 0 Å². The highest BCUT2D eigenvalue weighted by Gasteiger charge is 2.32. The van der Waals surface area contributed by atoms with Crippen LogP contribution in [0.4, 0.5) is 0 Å². The number of hydrogen-bond acceptors (Lipinski definition) is 3. The largest absolute Gasteiger partial charge is 0.327 e. The van der Waals surface area contributed by atoms with Crippen molar-refractivity contribution in [1.29, 1.82) is 0 Å². The summed E-state index contributed by atoms with van der Waals surface area (Å²) in [6.45, 7) is 8.96. The van der Waals surface area contributed by atoms with Crippen molar-refractivity contribution in [2.24, 2.45) is 17.6 Å². The molecule has 3 nitrogen and oxygen atoms in total. The van der Waals surface area contributed by atoms with E-state index in [0.717, 1.165) is 17.9 Å². The third-order valence-electron chi connectivity index (χ3n) is 5.95. The first-order chi connectivity index (χ1) is 9.72. The zero-order valence-electron chi connectivity index (χ0n) is 13.3. The van der Waals surface area contributed by atoms with E-state index >= 15 is 0 Å². The molecule has 2 heterocycles. The van der Waals surface area contributed by atoms with Gasteiger partial charge >= 0.3 is 0 Å². The number of piperidine rings is 1. The molecule has 0 spiro atoms. The van der Waals surface area contributed by atoms with Gasteiger partial charge in [0.2, 0.25) is 0 Å². The minimum absolute atomic E-state index is 0.459. The summed E-state index contributed by atoms with van der Waals surface area (Å²) in [6.07, 6.45) is 9.61. The maximum absolute atomic E-state index is 6.36. The fourth-order valence-electron chi connectivity index (χ4n) is 4.62. The average molecular weight is 279 g/mol. The molecule has 4 unspecified atom stereocenters. The fraction of sp³-hybridized carbons (Fsp3) is 1.00. The normalized spacial score (nSPS) is 41.1. The van der Waals surface area contributed by atoms with Gasteiger partial charge in [-0.25, -0.2) is 0 Å². The highest BCUT2D eigenvalue weighted by atomic mass is 15.3. The van der Waals surface area contributed by atoms with Crippen LogP contribution in [0, 0.1) is 11.8 Å². The van der Waals surface area contributed by atoms with Crippen LogP contribution in [0.2, 0.25) is 0 Å². The van der Waals surface area contributed by atoms with Crippen LogP contribution in [0.25, 0.3) is 0 Å². The number of nitrogens with two attached hydrogens (primary N) is 1. The summed E-state index contributed by atoms with van der Waals surface area (Å²) in [4.78, 5) is 5.47. The molecule has 0 amide bonds. The first kappa shape index (κ1) is 14.8. The summed E-state index contributed by atoms with van der Waals surface area (Å²) in [6, 6.07) is 1.30. The molecule has 0 aromatic carbocycles. The number of hydrogen-bond donors (Lipinski definition) is 1. The maximum atomic E-state index is 6.36. The van der Waals surface area contributed by atoms with Gasteiger partial charge in [-0.3, -0.25) is 4.90 Å². The minimum atomic E-state index is 0.459. The Balaban J connectivity index is 1.47. The molecule has 2 saturated heterocycles. The molecule has 1 saturated carbocycles. The summed E-state index contributed by atoms with van der Waals surface area (Å²) in [5, 5.41) is 0. The molecule has 3 heteroatoms. The van der Waals surface area contributed by atoms with Crippen LogP contribution in [0.15, 0.2) is 0 Å². The quantitative estimate of drug-likeness (QED) is 0.860. The molecule has 0 bridgehead atoms. The van der Waals surface area contributed by atoms with Crippen LogP contribution in [-0.2, 0) is 0 Å². The molecular formula is C17H33N3. The predicted molar refractivity (Wildman–Crippen MR) is 84.7 cm³/mol. The van der Waals surface area contributed by atoms with Crippen LogP contribution in [0.5, 0.6) is 0 Å². The molecule has 3 aliphatic rings. The molecule has 116 valence electrons. The second kappa shape index (κ2) is 6.76. The van der Waals surface area contributed by atoms with Gasteiger partial charge in [0.25, 0.3) is 0 Å². The van der Waals surface area contributed by atoms with E-state index < -0.39 is 0 Å². The van der Waals surface area contributed by atoms with E-state index in [0.29, 0.717) is 6.04 Å². The summed E-state index contributed by atoms with van der Waals surface area (Å²) in [7, 11) is 0. The fourth-order valence-corrected chi connectivity index (χ4v) is 4.62. The van der Waals surface area contributed by atoms with Crippen molar-refractivity contribution in [3.63, 3.8) is 0 Å². The Morgan fingerprint density at radius 1 is 1.00 bits per heavy atom. The van der Waals surface area contributed by atoms with Gasteiger partial charge in [0.15, 0.2) is 0 Å². The van der Waals surface area contributed by atoms with Crippen LogP contribution < -0.4 is 5.73 Å². The highest BCUT2D eigenvalue weighted by Crippen LogP contribution is 2.30. The summed E-state index contributed by atoms with van der Waals surface area (Å²) in [5.74, 6) is 1.64. The smallest absolute Gasteiger partial charge is 0.0235 e. The van der Waals surface area contributed by atoms with Gasteiger partial charge in [0.05, 0.1) is 0 Å². The van der Waals surface area contributed by atoms with E-state index in [2.05, 4.69) is 16.7 Å². The molecular weight excluding hydrogens is 246 g/mol. The van der Waals surface area contributed by atoms with Gasteiger partial charge in [0.1, 0.15) is 0 Å². The first-order valence-corrected chi connectivity index (χ1v) is 8.94. The van der Waals surface area contributed by atoms with Crippen molar-refractivity contribution in [3.8, 4) is 0 Å². The molecule has 1 aliphatic carbocycles. The monoisotopic (exact) mass is 279 g/mol. The molecule has 0 radical (unpaired) electrons. The summed E-state index contributed by atoms with van der Waals surface area (Å²) in [5.41, 5.74) is 6.36. The van der Waals surface area contributed by atoms with E-state index in [-0.39, 0.29) is 0 Å². The zero-order chi connectivity index (χ0) is 13.9. The number of rotatable bonds is 3. The highest BCUT2D eigenvalue weighted by molar-refractivity contribution is 4.89. The lowest BCUT2D eigenvalue weighted by molar-refractivity contribution is 0.145. The Bertz CT molecular complexity index is 301. The van der Waals surface area contributed by atoms with E-state index in [1.54, 1.807) is 0 Å². The second-order valence-electron chi connectivity index (χ2n) is 7.64. The van der Waals surface area contributed by atoms with Crippen molar-refractivity contribution in [1.82, 2.24) is 9.80 Å². The lowest BCUT2D eigenvalue weighted by Crippen LogP contribution is -2.44. The topological polar surface area (TPSA) is 32.5 Å². The molecule has 4 atom stereocenters. The molecule has 2 aliphatic heterocycles. The van der Waals surface area contributed by atoms with Gasteiger partial charge in [-0.05, 0) is 70.0 Å². The third kappa shape index (κ3) is 3.55. The molecule has 3 rings (SSSR count). The van der Waals surface area contributed by atoms with Crippen LogP contribution in [0.1, 0.15) is 51.9 Å². The standard InChI is InChI=1S/C17H33N3/c1-14-5-6-17(18)15(11-14)12-19-10-7-16(13-19)20-8-3-2-4-9-20/h14-17H,2-13,18H2,1H3. The molecule has 0 aromatic heterocycles. The molecule has 0 aromatic rings. The Labute approximate surface area is 124 Å². The predicted octanol–water partition coefficient (Wildman–Crippen LogP) is 2.31. The maximum Gasteiger partial charge on any atom is 0.0235 e. The number of nitrogens with zero attached hydrogens (tertiary/aromatic N) is 2. The number of likely N-dealkylation sites (tertiary alicyclic amines) is 2. The van der Waals surface area contributed by atoms with Gasteiger partial charge in [-0.1, -0.05) is 13.3 Å². The van der Waals surface area contributed by atoms with Crippen molar-refractivity contribution in [2.75, 3.05) is 32.7 Å². The van der Waals surface area contributed by atoms with E-state index in [1.807, 2.05) is 0 Å². The Hall–Kier alpha value is -0.120. The van der Waals surface area contributed by atoms with Crippen LogP contribution in [0.3, 0.4) is 0 Å². The lowest BCUT2D eigenvalue weighted by atomic mass is 9.79.